The molecule has 0 unspecified atom stereocenters. The van der Waals surface area contributed by atoms with E-state index in [1.165, 1.54) is 25.7 Å². The fraction of sp³-hybridized carbons (Fsp3) is 0.533. The molecule has 0 radical (unpaired) electrons. The molecule has 0 bridgehead atoms. The summed E-state index contributed by atoms with van der Waals surface area (Å²) in [6.45, 7) is 1.34. The maximum Gasteiger partial charge on any atom is 0.279 e. The molecule has 106 valence electrons. The van der Waals surface area contributed by atoms with Gasteiger partial charge in [0, 0.05) is 19.3 Å². The van der Waals surface area contributed by atoms with Crippen LogP contribution in [0.3, 0.4) is 0 Å². The summed E-state index contributed by atoms with van der Waals surface area (Å²) < 4.78 is 7.42. The van der Waals surface area contributed by atoms with Gasteiger partial charge in [-0.1, -0.05) is 12.8 Å². The summed E-state index contributed by atoms with van der Waals surface area (Å²) in [5.74, 6) is 0. The fourth-order valence-corrected chi connectivity index (χ4v) is 2.69. The van der Waals surface area contributed by atoms with E-state index in [4.69, 9.17) is 4.74 Å². The number of hydrogen-bond donors (Lipinski definition) is 0. The highest BCUT2D eigenvalue weighted by Crippen LogP contribution is 2.20. The molecule has 0 saturated heterocycles. The summed E-state index contributed by atoms with van der Waals surface area (Å²) in [4.78, 5) is 20.6. The summed E-state index contributed by atoms with van der Waals surface area (Å²) in [6, 6.07) is 3.59. The largest absolute Gasteiger partial charge is 0.378 e. The molecule has 5 heteroatoms. The minimum absolute atomic E-state index is 0.0727. The van der Waals surface area contributed by atoms with E-state index in [-0.39, 0.29) is 5.56 Å². The van der Waals surface area contributed by atoms with Gasteiger partial charge in [-0.2, -0.15) is 0 Å². The zero-order valence-electron chi connectivity index (χ0n) is 11.5. The van der Waals surface area contributed by atoms with Crippen LogP contribution in [0, 0.1) is 0 Å². The number of hydrogen-bond acceptors (Lipinski definition) is 4. The second kappa shape index (κ2) is 6.13. The third kappa shape index (κ3) is 2.88. The first kappa shape index (κ1) is 13.2. The number of aromatic nitrogens is 3. The van der Waals surface area contributed by atoms with Crippen molar-refractivity contribution in [1.82, 2.24) is 14.5 Å². The van der Waals surface area contributed by atoms with Crippen molar-refractivity contribution < 1.29 is 4.74 Å². The second-order valence-electron chi connectivity index (χ2n) is 5.25. The molecule has 1 fully saturated rings. The van der Waals surface area contributed by atoms with Crippen molar-refractivity contribution in [2.45, 2.75) is 44.8 Å². The number of ether oxygens (including phenoxy) is 1. The van der Waals surface area contributed by atoms with Gasteiger partial charge in [0.15, 0.2) is 5.52 Å². The topological polar surface area (TPSA) is 57.0 Å². The second-order valence-corrected chi connectivity index (χ2v) is 5.25. The van der Waals surface area contributed by atoms with Crippen molar-refractivity contribution in [1.29, 1.82) is 0 Å². The van der Waals surface area contributed by atoms with Crippen LogP contribution in [0.1, 0.15) is 32.1 Å². The maximum absolute atomic E-state index is 12.2. The molecule has 0 amide bonds. The zero-order chi connectivity index (χ0) is 13.8. The fourth-order valence-electron chi connectivity index (χ4n) is 2.69. The van der Waals surface area contributed by atoms with E-state index in [0.29, 0.717) is 30.3 Å². The van der Waals surface area contributed by atoms with Gasteiger partial charge >= 0.3 is 0 Å². The zero-order valence-corrected chi connectivity index (χ0v) is 11.5. The Morgan fingerprint density at radius 3 is 3.00 bits per heavy atom. The van der Waals surface area contributed by atoms with Crippen LogP contribution in [0.4, 0.5) is 0 Å². The van der Waals surface area contributed by atoms with E-state index < -0.39 is 0 Å². The molecule has 0 aliphatic heterocycles. The van der Waals surface area contributed by atoms with Crippen LogP contribution >= 0.6 is 0 Å². The minimum atomic E-state index is -0.0727. The average molecular weight is 273 g/mol. The van der Waals surface area contributed by atoms with Gasteiger partial charge in [-0.25, -0.2) is 9.97 Å². The normalized spacial score (nSPS) is 16.0. The lowest BCUT2D eigenvalue weighted by atomic mass is 10.3. The Kier molecular flexibility index (Phi) is 4.06. The highest BCUT2D eigenvalue weighted by Gasteiger charge is 2.14. The number of aryl methyl sites for hydroxylation is 1. The SMILES string of the molecule is O=c1c2ncccc2ncn1CCCOC1CCCC1. The Balaban J connectivity index is 1.60. The summed E-state index contributed by atoms with van der Waals surface area (Å²) >= 11 is 0. The van der Waals surface area contributed by atoms with Crippen LogP contribution in [-0.4, -0.2) is 27.2 Å². The number of fused-ring (bicyclic) bond motifs is 1. The van der Waals surface area contributed by atoms with E-state index >= 15 is 0 Å². The van der Waals surface area contributed by atoms with E-state index in [2.05, 4.69) is 9.97 Å². The molecule has 2 aromatic rings. The van der Waals surface area contributed by atoms with Crippen molar-refractivity contribution in [2.24, 2.45) is 0 Å². The van der Waals surface area contributed by atoms with Crippen molar-refractivity contribution in [3.05, 3.63) is 35.0 Å². The first-order chi connectivity index (χ1) is 9.84. The highest BCUT2D eigenvalue weighted by molar-refractivity contribution is 5.71. The molecule has 5 nitrogen and oxygen atoms in total. The maximum atomic E-state index is 12.2. The standard InChI is InChI=1S/C15H19N3O2/c19-15-14-13(7-3-8-16-14)17-11-18(15)9-4-10-20-12-5-1-2-6-12/h3,7-8,11-12H,1-2,4-6,9-10H2. The Bertz CT molecular complexity index is 632. The lowest BCUT2D eigenvalue weighted by molar-refractivity contribution is 0.0548. The van der Waals surface area contributed by atoms with Gasteiger partial charge in [-0.3, -0.25) is 9.36 Å². The Hall–Kier alpha value is -1.75. The molecule has 1 aliphatic carbocycles. The molecule has 1 aliphatic rings. The van der Waals surface area contributed by atoms with Crippen LogP contribution in [0.15, 0.2) is 29.5 Å². The van der Waals surface area contributed by atoms with E-state index in [1.54, 1.807) is 29.2 Å². The van der Waals surface area contributed by atoms with E-state index in [9.17, 15) is 4.79 Å². The molecule has 1 saturated carbocycles. The van der Waals surface area contributed by atoms with Crippen LogP contribution in [0.25, 0.3) is 11.0 Å². The average Bonchev–Trinajstić information content (AvgIpc) is 2.99. The summed E-state index contributed by atoms with van der Waals surface area (Å²) in [5, 5.41) is 0. The number of nitrogens with zero attached hydrogens (tertiary/aromatic N) is 3. The molecule has 0 atom stereocenters. The molecule has 3 rings (SSSR count). The molecule has 0 N–H and O–H groups in total. The number of rotatable bonds is 5. The highest BCUT2D eigenvalue weighted by atomic mass is 16.5. The third-order valence-corrected chi connectivity index (χ3v) is 3.79. The molecular formula is C15H19N3O2. The third-order valence-electron chi connectivity index (χ3n) is 3.79. The van der Waals surface area contributed by atoms with Gasteiger partial charge < -0.3 is 4.74 Å². The predicted octanol–water partition coefficient (Wildman–Crippen LogP) is 2.14. The molecule has 0 spiro atoms. The summed E-state index contributed by atoms with van der Waals surface area (Å²) in [6.07, 6.45) is 9.41. The lowest BCUT2D eigenvalue weighted by Crippen LogP contribution is -2.22. The minimum Gasteiger partial charge on any atom is -0.378 e. The Labute approximate surface area is 117 Å². The lowest BCUT2D eigenvalue weighted by Gasteiger charge is -2.11. The molecule has 0 aromatic carbocycles. The van der Waals surface area contributed by atoms with E-state index in [0.717, 1.165) is 6.42 Å². The van der Waals surface area contributed by atoms with Crippen molar-refractivity contribution in [3.8, 4) is 0 Å². The summed E-state index contributed by atoms with van der Waals surface area (Å²) in [5.41, 5.74) is 1.01. The van der Waals surface area contributed by atoms with Crippen LogP contribution in [0.5, 0.6) is 0 Å². The van der Waals surface area contributed by atoms with Gasteiger partial charge in [-0.05, 0) is 31.4 Å². The van der Waals surface area contributed by atoms with Crippen LogP contribution < -0.4 is 5.56 Å². The van der Waals surface area contributed by atoms with E-state index in [1.807, 2.05) is 0 Å². The van der Waals surface area contributed by atoms with Gasteiger partial charge in [0.05, 0.1) is 17.9 Å². The first-order valence-electron chi connectivity index (χ1n) is 7.26. The monoisotopic (exact) mass is 273 g/mol. The first-order valence-corrected chi connectivity index (χ1v) is 7.26. The van der Waals surface area contributed by atoms with Crippen molar-refractivity contribution in [2.75, 3.05) is 6.61 Å². The Morgan fingerprint density at radius 1 is 1.30 bits per heavy atom. The quantitative estimate of drug-likeness (QED) is 0.783. The van der Waals surface area contributed by atoms with Crippen molar-refractivity contribution in [3.63, 3.8) is 0 Å². The van der Waals surface area contributed by atoms with Gasteiger partial charge in [0.1, 0.15) is 0 Å². The molecule has 2 aromatic heterocycles. The van der Waals surface area contributed by atoms with Gasteiger partial charge in [0.2, 0.25) is 0 Å². The van der Waals surface area contributed by atoms with Crippen LogP contribution in [0.2, 0.25) is 0 Å². The smallest absolute Gasteiger partial charge is 0.279 e. The molecule has 2 heterocycles. The Morgan fingerprint density at radius 2 is 2.15 bits per heavy atom. The molecule has 20 heavy (non-hydrogen) atoms. The predicted molar refractivity (Wildman–Crippen MR) is 76.6 cm³/mol. The number of pyridine rings is 1. The van der Waals surface area contributed by atoms with Gasteiger partial charge in [-0.15, -0.1) is 0 Å². The molecular weight excluding hydrogens is 254 g/mol. The van der Waals surface area contributed by atoms with Gasteiger partial charge in [0.25, 0.3) is 5.56 Å². The van der Waals surface area contributed by atoms with Crippen molar-refractivity contribution >= 4 is 11.0 Å². The summed E-state index contributed by atoms with van der Waals surface area (Å²) in [7, 11) is 0. The van der Waals surface area contributed by atoms with Crippen LogP contribution in [-0.2, 0) is 11.3 Å².